The van der Waals surface area contributed by atoms with Crippen molar-refractivity contribution < 1.29 is 24.9 Å². The molecule has 2 aromatic heterocycles. The number of carboxylic acids is 1. The van der Waals surface area contributed by atoms with E-state index >= 15 is 0 Å². The first kappa shape index (κ1) is 15.6. The molecule has 0 amide bonds. The van der Waals surface area contributed by atoms with Gasteiger partial charge in [-0.15, -0.1) is 0 Å². The Morgan fingerprint density at radius 2 is 2.17 bits per heavy atom. The van der Waals surface area contributed by atoms with Gasteiger partial charge in [0.25, 0.3) is 0 Å². The lowest BCUT2D eigenvalue weighted by Crippen LogP contribution is -2.53. The molecule has 3 heterocycles. The highest BCUT2D eigenvalue weighted by atomic mass is 16.5. The van der Waals surface area contributed by atoms with E-state index in [0.29, 0.717) is 11.2 Å². The highest BCUT2D eigenvalue weighted by Gasteiger charge is 2.42. The number of carbonyl (C=O) groups is 1. The number of aliphatic hydroxyl groups is 2. The molecule has 0 saturated carbocycles. The largest absolute Gasteiger partial charge is 0.480 e. The van der Waals surface area contributed by atoms with Crippen LogP contribution in [0.25, 0.3) is 11.2 Å². The molecule has 11 heteroatoms. The van der Waals surface area contributed by atoms with Gasteiger partial charge < -0.3 is 31.5 Å². The number of aliphatic carboxylic acids is 1. The van der Waals surface area contributed by atoms with Gasteiger partial charge in [-0.25, -0.2) is 9.97 Å². The lowest BCUT2D eigenvalue weighted by Gasteiger charge is -2.38. The molecule has 3 rings (SSSR count). The number of nitrogens with two attached hydrogens (primary N) is 2. The van der Waals surface area contributed by atoms with Crippen molar-refractivity contribution in [1.29, 1.82) is 0 Å². The van der Waals surface area contributed by atoms with Crippen LogP contribution < -0.4 is 11.5 Å². The van der Waals surface area contributed by atoms with Crippen LogP contribution in [0.4, 0.5) is 5.95 Å². The molecule has 0 aliphatic carbocycles. The fraction of sp³-hybridized carbons (Fsp3) is 0.500. The topological polar surface area (TPSA) is 183 Å². The van der Waals surface area contributed by atoms with E-state index < -0.39 is 36.6 Å². The molecule has 1 fully saturated rings. The predicted octanol–water partition coefficient (Wildman–Crippen LogP) is -2.17. The molecule has 124 valence electrons. The number of nitrogens with zero attached hydrogens (tertiary/aromatic N) is 4. The first-order valence-electron chi connectivity index (χ1n) is 6.83. The zero-order chi connectivity index (χ0) is 16.7. The molecule has 0 radical (unpaired) electrons. The third kappa shape index (κ3) is 2.70. The lowest BCUT2D eigenvalue weighted by molar-refractivity contribution is -0.204. The number of anilines is 1. The van der Waals surface area contributed by atoms with E-state index in [2.05, 4.69) is 15.0 Å². The van der Waals surface area contributed by atoms with Gasteiger partial charge in [-0.2, -0.15) is 4.98 Å². The van der Waals surface area contributed by atoms with Crippen LogP contribution in [0, 0.1) is 0 Å². The highest BCUT2D eigenvalue weighted by molar-refractivity contribution is 5.74. The van der Waals surface area contributed by atoms with E-state index in [-0.39, 0.29) is 12.4 Å². The van der Waals surface area contributed by atoms with Crippen molar-refractivity contribution in [2.75, 3.05) is 5.73 Å². The maximum atomic E-state index is 11.0. The number of fused-ring (bicyclic) bond motifs is 1. The number of nitrogen functional groups attached to an aromatic ring is 1. The minimum atomic E-state index is -1.34. The zero-order valence-electron chi connectivity index (χ0n) is 11.9. The Kier molecular flexibility index (Phi) is 3.85. The van der Waals surface area contributed by atoms with E-state index in [1.54, 1.807) is 0 Å². The number of ether oxygens (including phenoxy) is 1. The fourth-order valence-electron chi connectivity index (χ4n) is 2.53. The van der Waals surface area contributed by atoms with Crippen molar-refractivity contribution >= 4 is 23.1 Å². The van der Waals surface area contributed by atoms with Gasteiger partial charge in [-0.1, -0.05) is 0 Å². The first-order valence-corrected chi connectivity index (χ1v) is 6.83. The van der Waals surface area contributed by atoms with E-state index in [4.69, 9.17) is 21.3 Å². The van der Waals surface area contributed by atoms with E-state index in [0.717, 1.165) is 0 Å². The van der Waals surface area contributed by atoms with Crippen LogP contribution in [0.15, 0.2) is 12.5 Å². The summed E-state index contributed by atoms with van der Waals surface area (Å²) in [7, 11) is 0. The lowest BCUT2D eigenvalue weighted by atomic mass is 9.97. The molecule has 7 N–H and O–H groups in total. The number of rotatable bonds is 3. The number of aromatic nitrogens is 4. The molecule has 23 heavy (non-hydrogen) atoms. The highest BCUT2D eigenvalue weighted by Crippen LogP contribution is 2.31. The van der Waals surface area contributed by atoms with Crippen molar-refractivity contribution in [3.05, 3.63) is 12.5 Å². The van der Waals surface area contributed by atoms with Crippen LogP contribution in [0.3, 0.4) is 0 Å². The summed E-state index contributed by atoms with van der Waals surface area (Å²) < 4.78 is 6.95. The summed E-state index contributed by atoms with van der Waals surface area (Å²) in [6.45, 7) is 0. The van der Waals surface area contributed by atoms with Gasteiger partial charge in [0, 0.05) is 6.42 Å². The van der Waals surface area contributed by atoms with Crippen LogP contribution in [0.5, 0.6) is 0 Å². The summed E-state index contributed by atoms with van der Waals surface area (Å²) in [5.74, 6) is -1.26. The zero-order valence-corrected chi connectivity index (χ0v) is 11.9. The smallest absolute Gasteiger partial charge is 0.323 e. The molecule has 1 aliphatic rings. The summed E-state index contributed by atoms with van der Waals surface area (Å²) in [6.07, 6.45) is -1.95. The molecule has 1 saturated heterocycles. The fourth-order valence-corrected chi connectivity index (χ4v) is 2.53. The Balaban J connectivity index is 1.98. The summed E-state index contributed by atoms with van der Waals surface area (Å²) in [6, 6.07) is -1.34. The third-order valence-electron chi connectivity index (χ3n) is 3.77. The minimum Gasteiger partial charge on any atom is -0.480 e. The van der Waals surface area contributed by atoms with Gasteiger partial charge in [0.1, 0.15) is 17.7 Å². The molecule has 0 aromatic carbocycles. The van der Waals surface area contributed by atoms with Crippen LogP contribution in [-0.4, -0.2) is 65.2 Å². The molecular formula is C12H16N6O5. The second kappa shape index (κ2) is 5.70. The maximum Gasteiger partial charge on any atom is 0.323 e. The second-order valence-corrected chi connectivity index (χ2v) is 5.31. The number of aliphatic hydroxyl groups excluding tert-OH is 2. The number of hydrogen-bond acceptors (Lipinski definition) is 9. The van der Waals surface area contributed by atoms with Crippen molar-refractivity contribution in [2.45, 2.75) is 37.0 Å². The van der Waals surface area contributed by atoms with Crippen molar-refractivity contribution in [1.82, 2.24) is 19.5 Å². The molecule has 0 spiro atoms. The van der Waals surface area contributed by atoms with Crippen molar-refractivity contribution in [3.8, 4) is 0 Å². The van der Waals surface area contributed by atoms with Gasteiger partial charge in [0.2, 0.25) is 5.95 Å². The molecule has 0 unspecified atom stereocenters. The summed E-state index contributed by atoms with van der Waals surface area (Å²) in [5.41, 5.74) is 11.8. The molecule has 5 atom stereocenters. The predicted molar refractivity (Wildman–Crippen MR) is 75.9 cm³/mol. The minimum absolute atomic E-state index is 0.00360. The average Bonchev–Trinajstić information content (AvgIpc) is 2.91. The summed E-state index contributed by atoms with van der Waals surface area (Å²) in [4.78, 5) is 22.9. The maximum absolute atomic E-state index is 11.0. The molecule has 0 bridgehead atoms. The van der Waals surface area contributed by atoms with E-state index in [9.17, 15) is 15.0 Å². The molecule has 1 aliphatic heterocycles. The monoisotopic (exact) mass is 324 g/mol. The Morgan fingerprint density at radius 1 is 1.43 bits per heavy atom. The molecule has 2 aromatic rings. The van der Waals surface area contributed by atoms with Gasteiger partial charge >= 0.3 is 5.97 Å². The normalized spacial score (nSPS) is 29.5. The second-order valence-electron chi connectivity index (χ2n) is 5.31. The Morgan fingerprint density at radius 3 is 2.87 bits per heavy atom. The van der Waals surface area contributed by atoms with Gasteiger partial charge in [0.05, 0.1) is 24.7 Å². The number of hydrogen-bond donors (Lipinski definition) is 5. The molecular weight excluding hydrogens is 308 g/mol. The van der Waals surface area contributed by atoms with Crippen LogP contribution in [0.2, 0.25) is 0 Å². The van der Waals surface area contributed by atoms with E-state index in [1.807, 2.05) is 0 Å². The summed E-state index contributed by atoms with van der Waals surface area (Å²) in [5, 5.41) is 29.2. The number of imidazole rings is 1. The van der Waals surface area contributed by atoms with Gasteiger partial charge in [0.15, 0.2) is 11.9 Å². The SMILES string of the molecule is Nc1ncc2ncn([C@@H]3O[C@H]([C@H](N)C(=O)O)C[C@H](O)[C@H]3O)c2n1. The third-order valence-corrected chi connectivity index (χ3v) is 3.77. The van der Waals surface area contributed by atoms with Crippen molar-refractivity contribution in [3.63, 3.8) is 0 Å². The summed E-state index contributed by atoms with van der Waals surface area (Å²) >= 11 is 0. The first-order chi connectivity index (χ1) is 10.9. The van der Waals surface area contributed by atoms with Gasteiger partial charge in [-0.05, 0) is 0 Å². The van der Waals surface area contributed by atoms with Crippen LogP contribution in [0.1, 0.15) is 12.6 Å². The average molecular weight is 324 g/mol. The molecule has 11 nitrogen and oxygen atoms in total. The number of carboxylic acid groups (broad SMARTS) is 1. The Bertz CT molecular complexity index is 736. The van der Waals surface area contributed by atoms with E-state index in [1.165, 1.54) is 17.1 Å². The van der Waals surface area contributed by atoms with Crippen molar-refractivity contribution in [2.24, 2.45) is 5.73 Å². The Hall–Kier alpha value is -2.34. The van der Waals surface area contributed by atoms with Gasteiger partial charge in [-0.3, -0.25) is 9.36 Å². The van der Waals surface area contributed by atoms with Crippen LogP contribution in [-0.2, 0) is 9.53 Å². The standard InChI is InChI=1S/C12H16N6O5/c13-7(11(21)22)6-1-5(19)8(20)10(23-6)18-3-16-4-2-15-12(14)17-9(4)18/h2-3,5-8,10,19-20H,1,13H2,(H,21,22)(H2,14,15,17)/t5-,6-,7-,8+,10+/m0/s1. The van der Waals surface area contributed by atoms with Crippen LogP contribution >= 0.6 is 0 Å². The quantitative estimate of drug-likeness (QED) is 0.416. The Labute approximate surface area is 129 Å².